The molecule has 1 unspecified atom stereocenters. The lowest BCUT2D eigenvalue weighted by atomic mass is 10.2. The molecule has 10 heteroatoms. The van der Waals surface area contributed by atoms with E-state index in [4.69, 9.17) is 14.7 Å². The van der Waals surface area contributed by atoms with Gasteiger partial charge in [0.25, 0.3) is 5.56 Å². The molecule has 3 aromatic heterocycles. The number of nitriles is 1. The molecule has 0 aliphatic rings. The van der Waals surface area contributed by atoms with Crippen LogP contribution in [0.5, 0.6) is 5.75 Å². The van der Waals surface area contributed by atoms with Gasteiger partial charge in [-0.2, -0.15) is 5.26 Å². The molecule has 0 saturated carbocycles. The number of carbonyl (C=O) groups is 1. The number of hydrogen-bond donors (Lipinski definition) is 0. The first-order valence-corrected chi connectivity index (χ1v) is 9.51. The summed E-state index contributed by atoms with van der Waals surface area (Å²) in [5.41, 5.74) is 1.02. The molecule has 146 valence electrons. The molecule has 0 aliphatic carbocycles. The average Bonchev–Trinajstić information content (AvgIpc) is 3.37. The van der Waals surface area contributed by atoms with Crippen LogP contribution in [0.4, 0.5) is 0 Å². The SMILES string of the molecule is CC(Oc1ccc(C#N)cc1)C(=O)OCc1nnc2n(C)c(=O)c3sccc3n12. The lowest BCUT2D eigenvalue weighted by Crippen LogP contribution is -2.26. The van der Waals surface area contributed by atoms with Crippen molar-refractivity contribution in [2.45, 2.75) is 19.6 Å². The molecule has 0 bridgehead atoms. The van der Waals surface area contributed by atoms with E-state index >= 15 is 0 Å². The predicted molar refractivity (Wildman–Crippen MR) is 105 cm³/mol. The minimum atomic E-state index is -0.854. The third-order valence-electron chi connectivity index (χ3n) is 4.37. The molecule has 0 N–H and O–H groups in total. The molecule has 0 fully saturated rings. The van der Waals surface area contributed by atoms with E-state index in [0.717, 1.165) is 0 Å². The number of benzene rings is 1. The second-order valence-electron chi connectivity index (χ2n) is 6.25. The molecule has 0 spiro atoms. The number of hydrogen-bond acceptors (Lipinski definition) is 8. The van der Waals surface area contributed by atoms with Crippen molar-refractivity contribution in [3.8, 4) is 11.8 Å². The van der Waals surface area contributed by atoms with Crippen LogP contribution in [0.15, 0.2) is 40.5 Å². The van der Waals surface area contributed by atoms with E-state index in [-0.39, 0.29) is 12.2 Å². The molecular formula is C19H15N5O4S. The van der Waals surface area contributed by atoms with Gasteiger partial charge in [-0.3, -0.25) is 13.8 Å². The summed E-state index contributed by atoms with van der Waals surface area (Å²) in [4.78, 5) is 24.7. The first kappa shape index (κ1) is 18.6. The maximum atomic E-state index is 12.4. The molecule has 29 heavy (non-hydrogen) atoms. The van der Waals surface area contributed by atoms with Crippen molar-refractivity contribution < 1.29 is 14.3 Å². The lowest BCUT2D eigenvalue weighted by molar-refractivity contribution is -0.152. The van der Waals surface area contributed by atoms with Gasteiger partial charge in [0.1, 0.15) is 10.4 Å². The van der Waals surface area contributed by atoms with Gasteiger partial charge in [-0.1, -0.05) is 0 Å². The van der Waals surface area contributed by atoms with Crippen LogP contribution in [0.3, 0.4) is 0 Å². The Morgan fingerprint density at radius 2 is 2.03 bits per heavy atom. The zero-order chi connectivity index (χ0) is 20.5. The Labute approximate surface area is 168 Å². The summed E-state index contributed by atoms with van der Waals surface area (Å²) in [5, 5.41) is 18.8. The summed E-state index contributed by atoms with van der Waals surface area (Å²) in [6, 6.07) is 10.3. The fraction of sp³-hybridized carbons (Fsp3) is 0.211. The standard InChI is InChI=1S/C19H15N5O4S/c1-11(28-13-5-3-12(9-20)4-6-13)18(26)27-10-15-21-22-19-23(2)17(25)16-14(24(15)19)7-8-29-16/h3-8,11H,10H2,1-2H3. The minimum absolute atomic E-state index is 0.121. The molecule has 3 heterocycles. The van der Waals surface area contributed by atoms with Crippen molar-refractivity contribution >= 4 is 33.3 Å². The summed E-state index contributed by atoms with van der Waals surface area (Å²) in [5.74, 6) is 0.653. The van der Waals surface area contributed by atoms with Gasteiger partial charge in [0.05, 0.1) is 17.1 Å². The number of esters is 1. The highest BCUT2D eigenvalue weighted by atomic mass is 32.1. The van der Waals surface area contributed by atoms with Gasteiger partial charge in [-0.25, -0.2) is 4.79 Å². The molecule has 4 aromatic rings. The Balaban J connectivity index is 1.51. The van der Waals surface area contributed by atoms with E-state index in [1.54, 1.807) is 48.7 Å². The number of fused-ring (bicyclic) bond motifs is 3. The Kier molecular flexibility index (Phi) is 4.74. The van der Waals surface area contributed by atoms with Crippen LogP contribution in [0.2, 0.25) is 0 Å². The van der Waals surface area contributed by atoms with E-state index in [1.165, 1.54) is 15.9 Å². The first-order chi connectivity index (χ1) is 14.0. The Morgan fingerprint density at radius 3 is 2.76 bits per heavy atom. The van der Waals surface area contributed by atoms with Crippen LogP contribution in [0, 0.1) is 11.3 Å². The summed E-state index contributed by atoms with van der Waals surface area (Å²) in [7, 11) is 1.62. The van der Waals surface area contributed by atoms with Crippen LogP contribution >= 0.6 is 11.3 Å². The zero-order valence-electron chi connectivity index (χ0n) is 15.5. The Hall–Kier alpha value is -3.71. The van der Waals surface area contributed by atoms with Crippen molar-refractivity contribution in [1.82, 2.24) is 19.2 Å². The zero-order valence-corrected chi connectivity index (χ0v) is 16.3. The van der Waals surface area contributed by atoms with Crippen LogP contribution < -0.4 is 10.3 Å². The number of nitrogens with zero attached hydrogens (tertiary/aromatic N) is 5. The van der Waals surface area contributed by atoms with Crippen LogP contribution in [-0.2, 0) is 23.2 Å². The molecule has 4 rings (SSSR count). The van der Waals surface area contributed by atoms with Crippen molar-refractivity contribution in [1.29, 1.82) is 5.26 Å². The highest BCUT2D eigenvalue weighted by Gasteiger charge is 2.20. The molecule has 9 nitrogen and oxygen atoms in total. The monoisotopic (exact) mass is 409 g/mol. The topological polar surface area (TPSA) is 112 Å². The molecular weight excluding hydrogens is 394 g/mol. The van der Waals surface area contributed by atoms with Gasteiger partial charge >= 0.3 is 5.97 Å². The van der Waals surface area contributed by atoms with Gasteiger partial charge < -0.3 is 9.47 Å². The normalized spacial score (nSPS) is 12.0. The van der Waals surface area contributed by atoms with Crippen LogP contribution in [0.1, 0.15) is 18.3 Å². The van der Waals surface area contributed by atoms with E-state index in [2.05, 4.69) is 10.2 Å². The van der Waals surface area contributed by atoms with Crippen molar-refractivity contribution in [3.05, 3.63) is 57.5 Å². The number of rotatable bonds is 5. The lowest BCUT2D eigenvalue weighted by Gasteiger charge is -2.13. The summed E-state index contributed by atoms with van der Waals surface area (Å²) >= 11 is 1.33. The molecule has 1 atom stereocenters. The maximum Gasteiger partial charge on any atom is 0.347 e. The maximum absolute atomic E-state index is 12.4. The van der Waals surface area contributed by atoms with E-state index in [1.807, 2.05) is 11.4 Å². The van der Waals surface area contributed by atoms with Crippen LogP contribution in [0.25, 0.3) is 16.0 Å². The quantitative estimate of drug-likeness (QED) is 0.464. The molecule has 0 saturated heterocycles. The first-order valence-electron chi connectivity index (χ1n) is 8.63. The van der Waals surface area contributed by atoms with E-state index in [9.17, 15) is 9.59 Å². The average molecular weight is 409 g/mol. The highest BCUT2D eigenvalue weighted by molar-refractivity contribution is 7.17. The van der Waals surface area contributed by atoms with Gasteiger partial charge in [-0.05, 0) is 42.6 Å². The van der Waals surface area contributed by atoms with Gasteiger partial charge in [0.2, 0.25) is 5.78 Å². The molecule has 1 aromatic carbocycles. The molecule has 0 radical (unpaired) electrons. The van der Waals surface area contributed by atoms with Gasteiger partial charge in [0, 0.05) is 7.05 Å². The third-order valence-corrected chi connectivity index (χ3v) is 5.26. The van der Waals surface area contributed by atoms with Gasteiger partial charge in [-0.15, -0.1) is 21.5 Å². The van der Waals surface area contributed by atoms with Crippen LogP contribution in [-0.4, -0.2) is 31.2 Å². The van der Waals surface area contributed by atoms with E-state index < -0.39 is 12.1 Å². The Bertz CT molecular complexity index is 1310. The molecule has 0 amide bonds. The summed E-state index contributed by atoms with van der Waals surface area (Å²) in [6.45, 7) is 1.45. The number of ether oxygens (including phenoxy) is 2. The number of thiophene rings is 1. The van der Waals surface area contributed by atoms with Crippen molar-refractivity contribution in [2.75, 3.05) is 0 Å². The van der Waals surface area contributed by atoms with E-state index in [0.29, 0.717) is 33.1 Å². The fourth-order valence-corrected chi connectivity index (χ4v) is 3.71. The highest BCUT2D eigenvalue weighted by Crippen LogP contribution is 2.20. The van der Waals surface area contributed by atoms with Gasteiger partial charge in [0.15, 0.2) is 18.5 Å². The number of aryl methyl sites for hydroxylation is 1. The smallest absolute Gasteiger partial charge is 0.347 e. The molecule has 0 aliphatic heterocycles. The van der Waals surface area contributed by atoms with Crippen molar-refractivity contribution in [2.24, 2.45) is 7.05 Å². The van der Waals surface area contributed by atoms with Crippen molar-refractivity contribution in [3.63, 3.8) is 0 Å². The minimum Gasteiger partial charge on any atom is -0.479 e. The number of carbonyl (C=O) groups excluding carboxylic acids is 1. The second-order valence-corrected chi connectivity index (χ2v) is 7.17. The Morgan fingerprint density at radius 1 is 1.28 bits per heavy atom. The second kappa shape index (κ2) is 7.37. The summed E-state index contributed by atoms with van der Waals surface area (Å²) in [6.07, 6.45) is -0.854. The fourth-order valence-electron chi connectivity index (χ4n) is 2.86. The third kappa shape index (κ3) is 3.32. The summed E-state index contributed by atoms with van der Waals surface area (Å²) < 4.78 is 14.6. The largest absolute Gasteiger partial charge is 0.479 e. The predicted octanol–water partition coefficient (Wildman–Crippen LogP) is 2.03. The number of aromatic nitrogens is 4.